The quantitative estimate of drug-likeness (QED) is 0.566. The highest BCUT2D eigenvalue weighted by Gasteiger charge is 2.39. The summed E-state index contributed by atoms with van der Waals surface area (Å²) in [4.78, 5) is 24.9. The third-order valence-electron chi connectivity index (χ3n) is 6.24. The van der Waals surface area contributed by atoms with Crippen LogP contribution < -0.4 is 4.90 Å². The first-order valence-electron chi connectivity index (χ1n) is 11.4. The maximum absolute atomic E-state index is 13.5. The maximum atomic E-state index is 13.5. The van der Waals surface area contributed by atoms with E-state index in [0.717, 1.165) is 49.9 Å². The summed E-state index contributed by atoms with van der Waals surface area (Å²) < 4.78 is 0. The van der Waals surface area contributed by atoms with E-state index >= 15 is 0 Å². The van der Waals surface area contributed by atoms with Gasteiger partial charge in [0.15, 0.2) is 0 Å². The molecule has 0 N–H and O–H groups in total. The molecule has 2 aliphatic heterocycles. The molecule has 1 saturated heterocycles. The minimum atomic E-state index is -0.416. The van der Waals surface area contributed by atoms with Crippen LogP contribution in [0.15, 0.2) is 89.9 Å². The van der Waals surface area contributed by atoms with Gasteiger partial charge in [-0.05, 0) is 35.4 Å². The van der Waals surface area contributed by atoms with Crippen LogP contribution in [0.2, 0.25) is 5.02 Å². The van der Waals surface area contributed by atoms with Crippen LogP contribution in [0.1, 0.15) is 11.1 Å². The molecule has 5 rings (SSSR count). The van der Waals surface area contributed by atoms with Gasteiger partial charge in [0, 0.05) is 44.2 Å². The van der Waals surface area contributed by atoms with Gasteiger partial charge >= 0.3 is 0 Å². The Balaban J connectivity index is 1.34. The van der Waals surface area contributed by atoms with Gasteiger partial charge in [-0.15, -0.1) is 0 Å². The van der Waals surface area contributed by atoms with E-state index in [0.29, 0.717) is 11.4 Å². The van der Waals surface area contributed by atoms with Crippen LogP contribution in [0.4, 0.5) is 5.69 Å². The zero-order valence-corrected chi connectivity index (χ0v) is 19.2. The molecule has 0 radical (unpaired) electrons. The van der Waals surface area contributed by atoms with Crippen LogP contribution in [-0.2, 0) is 17.8 Å². The van der Waals surface area contributed by atoms with Gasteiger partial charge in [0.1, 0.15) is 6.04 Å². The molecule has 1 atom stereocenters. The average Bonchev–Trinajstić information content (AvgIpc) is 3.17. The van der Waals surface area contributed by atoms with E-state index in [1.807, 2.05) is 48.5 Å². The maximum Gasteiger partial charge on any atom is 0.259 e. The first-order chi connectivity index (χ1) is 16.2. The van der Waals surface area contributed by atoms with E-state index in [4.69, 9.17) is 16.6 Å². The van der Waals surface area contributed by atoms with Gasteiger partial charge in [0.05, 0.1) is 5.69 Å². The minimum Gasteiger partial charge on any atom is -0.340 e. The second kappa shape index (κ2) is 9.77. The molecule has 0 aromatic heterocycles. The second-order valence-corrected chi connectivity index (χ2v) is 8.97. The molecular weight excluding hydrogens is 432 g/mol. The van der Waals surface area contributed by atoms with Crippen LogP contribution in [0.5, 0.6) is 0 Å². The summed E-state index contributed by atoms with van der Waals surface area (Å²) >= 11 is 6.11. The van der Waals surface area contributed by atoms with Gasteiger partial charge in [-0.3, -0.25) is 9.69 Å². The largest absolute Gasteiger partial charge is 0.340 e. The van der Waals surface area contributed by atoms with E-state index in [1.165, 1.54) is 5.56 Å². The molecule has 3 aromatic rings. The highest BCUT2D eigenvalue weighted by atomic mass is 35.5. The number of hydrogen-bond acceptors (Lipinski definition) is 4. The number of carbonyl (C=O) groups excluding carboxylic acids is 1. The lowest BCUT2D eigenvalue weighted by atomic mass is 10.1. The summed E-state index contributed by atoms with van der Waals surface area (Å²) in [5, 5.41) is 0.652. The Kier molecular flexibility index (Phi) is 6.42. The Labute approximate surface area is 199 Å². The monoisotopic (exact) mass is 458 g/mol. The van der Waals surface area contributed by atoms with Gasteiger partial charge in [-0.2, -0.15) is 0 Å². The Morgan fingerprint density at radius 2 is 1.39 bits per heavy atom. The Bertz CT molecular complexity index is 1110. The van der Waals surface area contributed by atoms with Crippen molar-refractivity contribution in [3.8, 4) is 0 Å². The number of rotatable bonds is 5. The van der Waals surface area contributed by atoms with Gasteiger partial charge in [0.25, 0.3) is 5.91 Å². The Morgan fingerprint density at radius 1 is 0.788 bits per heavy atom. The van der Waals surface area contributed by atoms with Crippen molar-refractivity contribution in [1.29, 1.82) is 0 Å². The lowest BCUT2D eigenvalue weighted by Gasteiger charge is -2.37. The molecule has 3 aromatic carbocycles. The summed E-state index contributed by atoms with van der Waals surface area (Å²) in [6.07, 6.45) is 0.598. The highest BCUT2D eigenvalue weighted by Crippen LogP contribution is 2.27. The van der Waals surface area contributed by atoms with Crippen LogP contribution >= 0.6 is 11.6 Å². The minimum absolute atomic E-state index is 0.0166. The third-order valence-corrected chi connectivity index (χ3v) is 6.49. The average molecular weight is 459 g/mol. The number of aliphatic imine (C=N–C) groups is 1. The molecule has 168 valence electrons. The zero-order valence-electron chi connectivity index (χ0n) is 18.5. The van der Waals surface area contributed by atoms with Crippen LogP contribution in [0, 0.1) is 0 Å². The van der Waals surface area contributed by atoms with Crippen molar-refractivity contribution in [3.63, 3.8) is 0 Å². The number of hydrogen-bond donors (Lipinski definition) is 0. The number of guanidine groups is 1. The molecule has 1 fully saturated rings. The van der Waals surface area contributed by atoms with Crippen molar-refractivity contribution < 1.29 is 4.79 Å². The fraction of sp³-hybridized carbons (Fsp3) is 0.259. The standard InChI is InChI=1S/C27H27ClN4O/c28-23-11-13-24(14-12-23)32-26(33)25(19-21-7-3-1-4-8-21)29-27(32)31-17-15-30(16-18-31)20-22-9-5-2-6-10-22/h1-14,25H,15-20H2. The summed E-state index contributed by atoms with van der Waals surface area (Å²) in [7, 11) is 0. The third kappa shape index (κ3) is 4.95. The summed E-state index contributed by atoms with van der Waals surface area (Å²) in [6.45, 7) is 4.47. The van der Waals surface area contributed by atoms with Gasteiger partial charge < -0.3 is 4.90 Å². The summed E-state index contributed by atoms with van der Waals surface area (Å²) in [6, 6.07) is 27.7. The molecule has 1 unspecified atom stereocenters. The fourth-order valence-corrected chi connectivity index (χ4v) is 4.60. The fourth-order valence-electron chi connectivity index (χ4n) is 4.47. The smallest absolute Gasteiger partial charge is 0.259 e. The predicted molar refractivity (Wildman–Crippen MR) is 134 cm³/mol. The summed E-state index contributed by atoms with van der Waals surface area (Å²) in [5.41, 5.74) is 3.25. The van der Waals surface area contributed by atoms with E-state index in [-0.39, 0.29) is 5.91 Å². The number of piperazine rings is 1. The van der Waals surface area contributed by atoms with Crippen LogP contribution in [0.3, 0.4) is 0 Å². The highest BCUT2D eigenvalue weighted by molar-refractivity contribution is 6.30. The first kappa shape index (κ1) is 21.7. The molecule has 0 bridgehead atoms. The number of amides is 1. The SMILES string of the molecule is O=C1C(Cc2ccccc2)N=C(N2CCN(Cc3ccccc3)CC2)N1c1ccc(Cl)cc1. The number of halogens is 1. The number of anilines is 1. The molecule has 33 heavy (non-hydrogen) atoms. The van der Waals surface area contributed by atoms with E-state index < -0.39 is 6.04 Å². The molecule has 0 saturated carbocycles. The molecular formula is C27H27ClN4O. The summed E-state index contributed by atoms with van der Waals surface area (Å²) in [5.74, 6) is 0.769. The van der Waals surface area contributed by atoms with Gasteiger partial charge in [-0.1, -0.05) is 72.3 Å². The van der Waals surface area contributed by atoms with Gasteiger partial charge in [-0.25, -0.2) is 9.89 Å². The number of carbonyl (C=O) groups is 1. The number of nitrogens with zero attached hydrogens (tertiary/aromatic N) is 4. The van der Waals surface area contributed by atoms with Crippen LogP contribution in [0.25, 0.3) is 0 Å². The molecule has 6 heteroatoms. The molecule has 0 spiro atoms. The molecule has 2 aliphatic rings. The van der Waals surface area contributed by atoms with Crippen LogP contribution in [-0.4, -0.2) is 53.9 Å². The van der Waals surface area contributed by atoms with E-state index in [1.54, 1.807) is 4.90 Å². The Morgan fingerprint density at radius 3 is 2.03 bits per heavy atom. The van der Waals surface area contributed by atoms with Crippen molar-refractivity contribution in [1.82, 2.24) is 9.80 Å². The van der Waals surface area contributed by atoms with Gasteiger partial charge in [0.2, 0.25) is 5.96 Å². The van der Waals surface area contributed by atoms with E-state index in [2.05, 4.69) is 46.2 Å². The predicted octanol–water partition coefficient (Wildman–Crippen LogP) is 4.47. The Hall–Kier alpha value is -3.15. The topological polar surface area (TPSA) is 39.2 Å². The van der Waals surface area contributed by atoms with Crippen molar-refractivity contribution in [3.05, 3.63) is 101 Å². The molecule has 1 amide bonds. The van der Waals surface area contributed by atoms with Crippen molar-refractivity contribution in [2.75, 3.05) is 31.1 Å². The normalized spacial score (nSPS) is 19.1. The molecule has 0 aliphatic carbocycles. The zero-order chi connectivity index (χ0) is 22.6. The lowest BCUT2D eigenvalue weighted by molar-refractivity contribution is -0.118. The van der Waals surface area contributed by atoms with Crippen molar-refractivity contribution >= 4 is 29.2 Å². The molecule has 2 heterocycles. The van der Waals surface area contributed by atoms with Crippen molar-refractivity contribution in [2.24, 2.45) is 4.99 Å². The van der Waals surface area contributed by atoms with E-state index in [9.17, 15) is 4.79 Å². The lowest BCUT2D eigenvalue weighted by Crippen LogP contribution is -2.53. The van der Waals surface area contributed by atoms with Crippen molar-refractivity contribution in [2.45, 2.75) is 19.0 Å². The molecule has 5 nitrogen and oxygen atoms in total. The number of benzene rings is 3. The second-order valence-electron chi connectivity index (χ2n) is 8.53. The first-order valence-corrected chi connectivity index (χ1v) is 11.8.